The number of hydrogen-bond acceptors (Lipinski definition) is 6. The second kappa shape index (κ2) is 6.38. The van der Waals surface area contributed by atoms with Crippen LogP contribution in [0.1, 0.15) is 11.3 Å². The van der Waals surface area contributed by atoms with Crippen LogP contribution < -0.4 is 5.63 Å². The third-order valence-electron chi connectivity index (χ3n) is 4.15. The van der Waals surface area contributed by atoms with Crippen molar-refractivity contribution in [2.45, 2.75) is 0 Å². The summed E-state index contributed by atoms with van der Waals surface area (Å²) in [6.45, 7) is 0. The van der Waals surface area contributed by atoms with Crippen molar-refractivity contribution in [3.63, 3.8) is 0 Å². The Labute approximate surface area is 152 Å². The first-order valence-corrected chi connectivity index (χ1v) is 8.01. The quantitative estimate of drug-likeness (QED) is 0.331. The third-order valence-corrected chi connectivity index (χ3v) is 4.15. The van der Waals surface area contributed by atoms with Gasteiger partial charge in [0, 0.05) is 17.7 Å². The molecule has 0 amide bonds. The summed E-state index contributed by atoms with van der Waals surface area (Å²) in [5.74, 6) is -0.132. The summed E-state index contributed by atoms with van der Waals surface area (Å²) in [4.78, 5) is 26.6. The van der Waals surface area contributed by atoms with Crippen LogP contribution in [-0.4, -0.2) is 15.0 Å². The Kier molecular flexibility index (Phi) is 3.89. The minimum Gasteiger partial charge on any atom is -0.507 e. The van der Waals surface area contributed by atoms with Crippen LogP contribution in [0.3, 0.4) is 0 Å². The van der Waals surface area contributed by atoms with E-state index in [1.54, 1.807) is 12.1 Å². The lowest BCUT2D eigenvalue weighted by molar-refractivity contribution is -0.384. The zero-order valence-corrected chi connectivity index (χ0v) is 13.8. The van der Waals surface area contributed by atoms with Gasteiger partial charge in [-0.15, -0.1) is 0 Å². The van der Waals surface area contributed by atoms with E-state index in [1.807, 2.05) is 30.3 Å². The Hall–Kier alpha value is -4.00. The van der Waals surface area contributed by atoms with Gasteiger partial charge in [-0.25, -0.2) is 9.78 Å². The molecule has 4 aromatic rings. The molecule has 0 atom stereocenters. The Morgan fingerprint density at radius 1 is 1.11 bits per heavy atom. The maximum atomic E-state index is 12.2. The predicted molar refractivity (Wildman–Crippen MR) is 101 cm³/mol. The number of rotatable bonds is 3. The molecule has 0 radical (unpaired) electrons. The molecule has 0 aliphatic heterocycles. The van der Waals surface area contributed by atoms with Gasteiger partial charge in [0.15, 0.2) is 11.3 Å². The number of hydrogen-bond donors (Lipinski definition) is 1. The lowest BCUT2D eigenvalue weighted by Crippen LogP contribution is -2.07. The lowest BCUT2D eigenvalue weighted by atomic mass is 10.0. The van der Waals surface area contributed by atoms with Gasteiger partial charge in [0.25, 0.3) is 5.69 Å². The molecule has 27 heavy (non-hydrogen) atoms. The highest BCUT2D eigenvalue weighted by Crippen LogP contribution is 2.25. The van der Waals surface area contributed by atoms with Crippen LogP contribution in [0.2, 0.25) is 0 Å². The minimum atomic E-state index is -0.796. The molecule has 0 saturated carbocycles. The summed E-state index contributed by atoms with van der Waals surface area (Å²) in [5, 5.41) is 23.1. The molecular weight excluding hydrogens is 348 g/mol. The van der Waals surface area contributed by atoms with Gasteiger partial charge in [-0.2, -0.15) is 0 Å². The smallest absolute Gasteiger partial charge is 0.362 e. The molecule has 1 N–H and O–H groups in total. The Morgan fingerprint density at radius 2 is 1.89 bits per heavy atom. The number of aromatic nitrogens is 1. The van der Waals surface area contributed by atoms with E-state index in [1.165, 1.54) is 18.2 Å². The first-order valence-electron chi connectivity index (χ1n) is 8.01. The van der Waals surface area contributed by atoms with Crippen LogP contribution in [0.5, 0.6) is 0 Å². The number of aliphatic hydroxyl groups excluding tert-OH is 1. The van der Waals surface area contributed by atoms with Crippen LogP contribution in [-0.2, 0) is 0 Å². The molecule has 3 aromatic carbocycles. The fourth-order valence-corrected chi connectivity index (χ4v) is 2.87. The molecular formula is C20H12N2O5. The van der Waals surface area contributed by atoms with Crippen molar-refractivity contribution in [2.75, 3.05) is 0 Å². The maximum absolute atomic E-state index is 12.2. The van der Waals surface area contributed by atoms with Crippen LogP contribution >= 0.6 is 0 Å². The molecule has 7 nitrogen and oxygen atoms in total. The molecule has 0 aliphatic carbocycles. The number of nitro groups is 1. The first kappa shape index (κ1) is 16.5. The highest BCUT2D eigenvalue weighted by Gasteiger charge is 2.12. The van der Waals surface area contributed by atoms with E-state index in [0.29, 0.717) is 5.56 Å². The standard InChI is InChI=1S/C20H12N2O5/c23-18(15-7-3-5-12-4-1-2-6-14(12)15)11-17-20(24)27-19-10-13(22(25)26)8-9-16(19)21-17/h1-11,23H. The van der Waals surface area contributed by atoms with Gasteiger partial charge in [-0.3, -0.25) is 10.1 Å². The number of aliphatic hydroxyl groups is 1. The number of nitro benzene ring substituents is 1. The van der Waals surface area contributed by atoms with Crippen LogP contribution in [0.15, 0.2) is 69.9 Å². The first-order chi connectivity index (χ1) is 13.0. The van der Waals surface area contributed by atoms with E-state index in [2.05, 4.69) is 4.98 Å². The monoisotopic (exact) mass is 360 g/mol. The van der Waals surface area contributed by atoms with Crippen molar-refractivity contribution in [3.05, 3.63) is 92.5 Å². The van der Waals surface area contributed by atoms with Gasteiger partial charge in [0.2, 0.25) is 0 Å². The summed E-state index contributed by atoms with van der Waals surface area (Å²) in [7, 11) is 0. The molecule has 4 rings (SSSR count). The molecule has 0 saturated heterocycles. The second-order valence-corrected chi connectivity index (χ2v) is 5.85. The number of nitrogens with zero attached hydrogens (tertiary/aromatic N) is 2. The van der Waals surface area contributed by atoms with Crippen molar-refractivity contribution in [1.29, 1.82) is 0 Å². The summed E-state index contributed by atoms with van der Waals surface area (Å²) >= 11 is 0. The van der Waals surface area contributed by atoms with Crippen molar-refractivity contribution >= 4 is 39.4 Å². The third kappa shape index (κ3) is 3.02. The van der Waals surface area contributed by atoms with E-state index < -0.39 is 10.5 Å². The molecule has 7 heteroatoms. The van der Waals surface area contributed by atoms with Gasteiger partial charge in [0.1, 0.15) is 11.3 Å². The van der Waals surface area contributed by atoms with Crippen molar-refractivity contribution in [2.24, 2.45) is 0 Å². The average Bonchev–Trinajstić information content (AvgIpc) is 2.67. The van der Waals surface area contributed by atoms with Gasteiger partial charge >= 0.3 is 5.63 Å². The molecule has 132 valence electrons. The Bertz CT molecular complexity index is 1290. The van der Waals surface area contributed by atoms with Crippen molar-refractivity contribution < 1.29 is 14.4 Å². The van der Waals surface area contributed by atoms with Gasteiger partial charge in [-0.05, 0) is 16.8 Å². The van der Waals surface area contributed by atoms with E-state index >= 15 is 0 Å². The highest BCUT2D eigenvalue weighted by atomic mass is 16.6. The molecule has 1 aromatic heterocycles. The lowest BCUT2D eigenvalue weighted by Gasteiger charge is -2.05. The molecule has 0 bridgehead atoms. The molecule has 1 heterocycles. The number of fused-ring (bicyclic) bond motifs is 2. The Morgan fingerprint density at radius 3 is 2.70 bits per heavy atom. The van der Waals surface area contributed by atoms with Crippen molar-refractivity contribution in [3.8, 4) is 0 Å². The fourth-order valence-electron chi connectivity index (χ4n) is 2.87. The van der Waals surface area contributed by atoms with E-state index in [-0.39, 0.29) is 28.2 Å². The molecule has 0 unspecified atom stereocenters. The second-order valence-electron chi connectivity index (χ2n) is 5.85. The normalized spacial score (nSPS) is 11.8. The largest absolute Gasteiger partial charge is 0.507 e. The molecule has 0 aliphatic rings. The molecule has 0 fully saturated rings. The summed E-state index contributed by atoms with van der Waals surface area (Å²) in [6, 6.07) is 16.8. The summed E-state index contributed by atoms with van der Waals surface area (Å²) in [5.41, 5.74) is -0.253. The SMILES string of the molecule is O=c1oc2cc([N+](=O)[O-])ccc2nc1C=C(O)c1cccc2ccccc12. The fraction of sp³-hybridized carbons (Fsp3) is 0. The topological polar surface area (TPSA) is 106 Å². The van der Waals surface area contributed by atoms with Gasteiger partial charge in [-0.1, -0.05) is 42.5 Å². The Balaban J connectivity index is 1.84. The predicted octanol–water partition coefficient (Wildman–Crippen LogP) is 4.31. The zero-order chi connectivity index (χ0) is 19.0. The summed E-state index contributed by atoms with van der Waals surface area (Å²) < 4.78 is 5.13. The average molecular weight is 360 g/mol. The van der Waals surface area contributed by atoms with E-state index in [9.17, 15) is 20.0 Å². The van der Waals surface area contributed by atoms with Gasteiger partial charge in [0.05, 0.1) is 11.0 Å². The van der Waals surface area contributed by atoms with E-state index in [0.717, 1.165) is 16.8 Å². The van der Waals surface area contributed by atoms with Crippen LogP contribution in [0, 0.1) is 10.1 Å². The summed E-state index contributed by atoms with van der Waals surface area (Å²) in [6.07, 6.45) is 1.23. The van der Waals surface area contributed by atoms with Crippen LogP contribution in [0.4, 0.5) is 5.69 Å². The van der Waals surface area contributed by atoms with Gasteiger partial charge < -0.3 is 9.52 Å². The highest BCUT2D eigenvalue weighted by molar-refractivity contribution is 5.95. The number of benzene rings is 3. The molecule has 0 spiro atoms. The van der Waals surface area contributed by atoms with E-state index in [4.69, 9.17) is 4.42 Å². The number of non-ortho nitro benzene ring substituents is 1. The zero-order valence-electron chi connectivity index (χ0n) is 13.8. The maximum Gasteiger partial charge on any atom is 0.362 e. The van der Waals surface area contributed by atoms with Crippen LogP contribution in [0.25, 0.3) is 33.7 Å². The minimum absolute atomic E-state index is 0.0102. The van der Waals surface area contributed by atoms with Crippen molar-refractivity contribution in [1.82, 2.24) is 4.98 Å².